The lowest BCUT2D eigenvalue weighted by Crippen LogP contribution is -2.39. The minimum Gasteiger partial charge on any atom is -0.383 e. The number of aromatic nitrogens is 5. The number of rotatable bonds is 7. The first-order chi connectivity index (χ1) is 17.4. The average molecular weight is 505 g/mol. The summed E-state index contributed by atoms with van der Waals surface area (Å²) in [5.41, 5.74) is 9.00. The molecule has 1 unspecified atom stereocenters. The average Bonchev–Trinajstić information content (AvgIpc) is 3.48. The van der Waals surface area contributed by atoms with Crippen LogP contribution in [0.5, 0.6) is 0 Å². The smallest absolute Gasteiger partial charge is 0.257 e. The van der Waals surface area contributed by atoms with E-state index in [0.717, 1.165) is 36.1 Å². The number of hydrogen-bond donors (Lipinski definition) is 4. The fourth-order valence-corrected chi connectivity index (χ4v) is 5.27. The van der Waals surface area contributed by atoms with Crippen LogP contribution in [0.2, 0.25) is 0 Å². The molecule has 5 N–H and O–H groups in total. The van der Waals surface area contributed by atoms with Gasteiger partial charge in [0.1, 0.15) is 24.1 Å². The van der Waals surface area contributed by atoms with Gasteiger partial charge in [0.05, 0.1) is 11.4 Å². The second-order valence-corrected chi connectivity index (χ2v) is 10.1. The van der Waals surface area contributed by atoms with Crippen LogP contribution in [0.1, 0.15) is 47.0 Å². The third kappa shape index (κ3) is 4.85. The normalized spacial score (nSPS) is 18.7. The Bertz CT molecular complexity index is 1390. The van der Waals surface area contributed by atoms with Crippen molar-refractivity contribution in [3.8, 4) is 11.3 Å². The highest BCUT2D eigenvalue weighted by Crippen LogP contribution is 2.36. The van der Waals surface area contributed by atoms with E-state index in [4.69, 9.17) is 10.8 Å². The minimum atomic E-state index is -0.702. The van der Waals surface area contributed by atoms with Gasteiger partial charge in [-0.2, -0.15) is 5.10 Å². The summed E-state index contributed by atoms with van der Waals surface area (Å²) in [6.45, 7) is 5.56. The molecule has 4 aromatic rings. The number of fused-ring (bicyclic) bond motifs is 1. The highest BCUT2D eigenvalue weighted by molar-refractivity contribution is 7.15. The summed E-state index contributed by atoms with van der Waals surface area (Å²) in [6.07, 6.45) is 7.55. The van der Waals surface area contributed by atoms with Crippen molar-refractivity contribution >= 4 is 39.2 Å². The topological polar surface area (TPSA) is 144 Å². The summed E-state index contributed by atoms with van der Waals surface area (Å²) in [4.78, 5) is 26.6. The number of nitrogens with one attached hydrogen (secondary N) is 2. The third-order valence-corrected chi connectivity index (χ3v) is 7.28. The van der Waals surface area contributed by atoms with Gasteiger partial charge >= 0.3 is 0 Å². The molecule has 3 heterocycles. The van der Waals surface area contributed by atoms with Crippen LogP contribution in [-0.2, 0) is 0 Å². The van der Waals surface area contributed by atoms with Gasteiger partial charge in [0.25, 0.3) is 5.91 Å². The van der Waals surface area contributed by atoms with Gasteiger partial charge in [-0.1, -0.05) is 18.7 Å². The van der Waals surface area contributed by atoms with E-state index in [9.17, 15) is 9.90 Å². The van der Waals surface area contributed by atoms with E-state index < -0.39 is 6.23 Å². The molecular formula is C25H28N8O2S. The molecule has 1 aliphatic carbocycles. The number of aliphatic hydroxyl groups is 1. The number of nitrogens with zero attached hydrogens (tertiary/aromatic N) is 5. The Kier molecular flexibility index (Phi) is 6.77. The molecule has 3 aromatic heterocycles. The monoisotopic (exact) mass is 504 g/mol. The molecule has 36 heavy (non-hydrogen) atoms. The van der Waals surface area contributed by atoms with Crippen molar-refractivity contribution in [3.63, 3.8) is 0 Å². The van der Waals surface area contributed by atoms with Crippen LogP contribution in [0.3, 0.4) is 0 Å². The maximum atomic E-state index is 12.6. The first-order valence-corrected chi connectivity index (χ1v) is 12.6. The van der Waals surface area contributed by atoms with Gasteiger partial charge in [-0.3, -0.25) is 15.4 Å². The zero-order chi connectivity index (χ0) is 25.2. The minimum absolute atomic E-state index is 0.154. The number of hydrogen-bond acceptors (Lipinski definition) is 9. The quantitative estimate of drug-likeness (QED) is 0.220. The van der Waals surface area contributed by atoms with Gasteiger partial charge in [-0.05, 0) is 50.8 Å². The number of nitrogens with two attached hydrogens (primary N) is 1. The number of anilines is 2. The fraction of sp³-hybridized carbons (Fsp3) is 0.320. The molecule has 186 valence electrons. The Balaban J connectivity index is 1.39. The van der Waals surface area contributed by atoms with Gasteiger partial charge in [0.2, 0.25) is 0 Å². The van der Waals surface area contributed by atoms with Gasteiger partial charge < -0.3 is 10.8 Å². The molecular weight excluding hydrogens is 476 g/mol. The molecule has 1 saturated carbocycles. The van der Waals surface area contributed by atoms with Crippen LogP contribution in [0.4, 0.5) is 10.9 Å². The zero-order valence-electron chi connectivity index (χ0n) is 19.9. The van der Waals surface area contributed by atoms with Crippen molar-refractivity contribution in [2.45, 2.75) is 50.9 Å². The number of carbonyl (C=O) groups excluding carboxylic acids is 1. The van der Waals surface area contributed by atoms with Crippen LogP contribution < -0.4 is 16.4 Å². The van der Waals surface area contributed by atoms with Crippen LogP contribution in [0, 0.1) is 6.92 Å². The molecule has 10 nitrogen and oxygen atoms in total. The highest BCUT2D eigenvalue weighted by Gasteiger charge is 2.27. The summed E-state index contributed by atoms with van der Waals surface area (Å²) in [5, 5.41) is 22.0. The molecule has 1 amide bonds. The number of benzene rings is 1. The first kappa shape index (κ1) is 24.0. The fourth-order valence-electron chi connectivity index (χ4n) is 4.61. The summed E-state index contributed by atoms with van der Waals surface area (Å²) in [7, 11) is 0. The maximum Gasteiger partial charge on any atom is 0.257 e. The number of aliphatic hydroxyl groups excluding tert-OH is 1. The Morgan fingerprint density at radius 3 is 2.64 bits per heavy atom. The Labute approximate surface area is 212 Å². The SMILES string of the molecule is C=CC(O)NC1CCC(n2nc(-c3ccc(C(=O)Nc4ncc(C)s4)cc3)c3c(N)ncnc32)CC1. The molecule has 0 saturated heterocycles. The molecule has 1 atom stereocenters. The largest absolute Gasteiger partial charge is 0.383 e. The van der Waals surface area contributed by atoms with E-state index >= 15 is 0 Å². The van der Waals surface area contributed by atoms with Gasteiger partial charge in [-0.15, -0.1) is 11.3 Å². The maximum absolute atomic E-state index is 12.6. The summed E-state index contributed by atoms with van der Waals surface area (Å²) < 4.78 is 1.95. The van der Waals surface area contributed by atoms with Crippen LogP contribution in [-0.4, -0.2) is 48.0 Å². The highest BCUT2D eigenvalue weighted by atomic mass is 32.1. The number of aryl methyl sites for hydroxylation is 1. The number of amides is 1. The van der Waals surface area contributed by atoms with Crippen molar-refractivity contribution in [1.82, 2.24) is 30.0 Å². The predicted octanol–water partition coefficient (Wildman–Crippen LogP) is 3.67. The summed E-state index contributed by atoms with van der Waals surface area (Å²) >= 11 is 1.43. The van der Waals surface area contributed by atoms with Crippen molar-refractivity contribution in [1.29, 1.82) is 0 Å². The van der Waals surface area contributed by atoms with E-state index in [1.165, 1.54) is 23.7 Å². The lowest BCUT2D eigenvalue weighted by Gasteiger charge is -2.30. The van der Waals surface area contributed by atoms with E-state index in [2.05, 4.69) is 32.2 Å². The Hall–Kier alpha value is -3.67. The van der Waals surface area contributed by atoms with Crippen LogP contribution in [0.25, 0.3) is 22.3 Å². The number of nitrogen functional groups attached to an aromatic ring is 1. The predicted molar refractivity (Wildman–Crippen MR) is 141 cm³/mol. The van der Waals surface area contributed by atoms with Crippen LogP contribution in [0.15, 0.2) is 49.4 Å². The standard InChI is InChI=1S/C25H28N8O2S/c1-3-19(34)30-17-8-10-18(11-9-17)33-23-20(22(26)28-13-29-23)21(32-33)15-4-6-16(7-5-15)24(35)31-25-27-12-14(2)36-25/h3-7,12-13,17-19,30,34H,1,8-11H2,2H3,(H2,26,28,29)(H,27,31,35). The molecule has 0 aliphatic heterocycles. The van der Waals surface area contributed by atoms with Crippen LogP contribution >= 0.6 is 11.3 Å². The number of thiazole rings is 1. The third-order valence-electron chi connectivity index (χ3n) is 6.45. The van der Waals surface area contributed by atoms with E-state index in [-0.39, 0.29) is 18.0 Å². The molecule has 0 spiro atoms. The molecule has 0 radical (unpaired) electrons. The van der Waals surface area contributed by atoms with Crippen molar-refractivity contribution < 1.29 is 9.90 Å². The van der Waals surface area contributed by atoms with Gasteiger partial charge in [0.15, 0.2) is 10.8 Å². The molecule has 1 aliphatic rings. The zero-order valence-corrected chi connectivity index (χ0v) is 20.7. The van der Waals surface area contributed by atoms with E-state index in [1.807, 2.05) is 23.7 Å². The molecule has 0 bridgehead atoms. The molecule has 1 fully saturated rings. The van der Waals surface area contributed by atoms with Gasteiger partial charge in [-0.25, -0.2) is 19.6 Å². The van der Waals surface area contributed by atoms with E-state index in [0.29, 0.717) is 33.2 Å². The lowest BCUT2D eigenvalue weighted by molar-refractivity contribution is 0.102. The second-order valence-electron chi connectivity index (χ2n) is 8.91. The van der Waals surface area contributed by atoms with Gasteiger partial charge in [0, 0.05) is 28.2 Å². The summed E-state index contributed by atoms with van der Waals surface area (Å²) in [5.74, 6) is 0.146. The Morgan fingerprint density at radius 1 is 1.22 bits per heavy atom. The lowest BCUT2D eigenvalue weighted by atomic mass is 9.91. The number of carbonyl (C=O) groups is 1. The van der Waals surface area contributed by atoms with Crippen molar-refractivity contribution in [2.24, 2.45) is 0 Å². The molecule has 5 rings (SSSR count). The van der Waals surface area contributed by atoms with Crippen molar-refractivity contribution in [3.05, 3.63) is 59.9 Å². The molecule has 1 aromatic carbocycles. The first-order valence-electron chi connectivity index (χ1n) is 11.8. The van der Waals surface area contributed by atoms with Crippen molar-refractivity contribution in [2.75, 3.05) is 11.1 Å². The Morgan fingerprint density at radius 2 is 1.97 bits per heavy atom. The molecule has 11 heteroatoms. The second kappa shape index (κ2) is 10.1. The summed E-state index contributed by atoms with van der Waals surface area (Å²) in [6, 6.07) is 7.62. The van der Waals surface area contributed by atoms with E-state index in [1.54, 1.807) is 18.3 Å².